The monoisotopic (exact) mass is 263 g/mol. The van der Waals surface area contributed by atoms with Crippen LogP contribution in [-0.2, 0) is 12.7 Å². The van der Waals surface area contributed by atoms with Crippen molar-refractivity contribution in [3.8, 4) is 0 Å². The van der Waals surface area contributed by atoms with E-state index in [0.717, 1.165) is 19.0 Å². The fourth-order valence-corrected chi connectivity index (χ4v) is 1.81. The second-order valence-corrected chi connectivity index (χ2v) is 4.47. The van der Waals surface area contributed by atoms with Crippen LogP contribution in [0.1, 0.15) is 32.9 Å². The molecule has 0 fully saturated rings. The molecule has 0 amide bonds. The van der Waals surface area contributed by atoms with E-state index < -0.39 is 11.9 Å². The maximum atomic E-state index is 12.4. The van der Waals surface area contributed by atoms with Crippen molar-refractivity contribution in [3.05, 3.63) is 18.0 Å². The average Bonchev–Trinajstić information content (AvgIpc) is 2.75. The van der Waals surface area contributed by atoms with E-state index in [0.29, 0.717) is 12.5 Å². The van der Waals surface area contributed by atoms with E-state index in [4.69, 9.17) is 0 Å². The van der Waals surface area contributed by atoms with E-state index in [-0.39, 0.29) is 6.04 Å². The van der Waals surface area contributed by atoms with Gasteiger partial charge in [-0.2, -0.15) is 18.3 Å². The summed E-state index contributed by atoms with van der Waals surface area (Å²) in [6.45, 7) is 7.39. The number of hydrogen-bond acceptors (Lipinski definition) is 2. The average molecular weight is 263 g/mol. The number of aromatic nitrogens is 2. The van der Waals surface area contributed by atoms with Crippen molar-refractivity contribution in [2.75, 3.05) is 6.54 Å². The lowest BCUT2D eigenvalue weighted by Gasteiger charge is -2.23. The second-order valence-electron chi connectivity index (χ2n) is 4.47. The molecular weight excluding hydrogens is 243 g/mol. The van der Waals surface area contributed by atoms with Gasteiger partial charge < -0.3 is 5.32 Å². The Labute approximate surface area is 105 Å². The minimum atomic E-state index is -4.37. The van der Waals surface area contributed by atoms with Crippen LogP contribution in [0, 0.1) is 5.92 Å². The zero-order chi connectivity index (χ0) is 13.8. The molecule has 0 saturated heterocycles. The van der Waals surface area contributed by atoms with Crippen molar-refractivity contribution in [1.29, 1.82) is 0 Å². The van der Waals surface area contributed by atoms with Crippen molar-refractivity contribution in [2.24, 2.45) is 5.92 Å². The summed E-state index contributed by atoms with van der Waals surface area (Å²) in [5.41, 5.74) is -0.832. The molecule has 3 nitrogen and oxygen atoms in total. The van der Waals surface area contributed by atoms with E-state index in [1.807, 2.05) is 6.92 Å². The Morgan fingerprint density at radius 1 is 1.39 bits per heavy atom. The lowest BCUT2D eigenvalue weighted by Crippen LogP contribution is -2.38. The highest BCUT2D eigenvalue weighted by atomic mass is 19.4. The molecule has 0 aliphatic heterocycles. The van der Waals surface area contributed by atoms with Gasteiger partial charge in [-0.15, -0.1) is 0 Å². The van der Waals surface area contributed by atoms with E-state index in [1.165, 1.54) is 10.9 Å². The Balaban J connectivity index is 2.72. The third-order valence-corrected chi connectivity index (χ3v) is 3.11. The molecule has 0 bridgehead atoms. The highest BCUT2D eigenvalue weighted by Gasteiger charge is 2.33. The number of nitrogens with one attached hydrogen (secondary N) is 1. The van der Waals surface area contributed by atoms with Crippen LogP contribution >= 0.6 is 0 Å². The van der Waals surface area contributed by atoms with Crippen molar-refractivity contribution >= 4 is 0 Å². The number of halogens is 3. The zero-order valence-electron chi connectivity index (χ0n) is 11.0. The fraction of sp³-hybridized carbons (Fsp3) is 0.750. The Hall–Kier alpha value is -1.04. The standard InChI is InChI=1S/C12H20F3N3/c1-4-9(3)10(16-5-2)8-18-7-6-11(17-18)12(13,14)15/h6-7,9-10,16H,4-5,8H2,1-3H3. The molecule has 104 valence electrons. The van der Waals surface area contributed by atoms with Gasteiger partial charge in [-0.05, 0) is 18.5 Å². The van der Waals surface area contributed by atoms with Crippen LogP contribution in [0.25, 0.3) is 0 Å². The fourth-order valence-electron chi connectivity index (χ4n) is 1.81. The Morgan fingerprint density at radius 2 is 2.06 bits per heavy atom. The molecule has 1 N–H and O–H groups in total. The van der Waals surface area contributed by atoms with Gasteiger partial charge >= 0.3 is 6.18 Å². The van der Waals surface area contributed by atoms with Gasteiger partial charge in [0.15, 0.2) is 5.69 Å². The van der Waals surface area contributed by atoms with E-state index >= 15 is 0 Å². The highest BCUT2D eigenvalue weighted by molar-refractivity contribution is 5.03. The van der Waals surface area contributed by atoms with Crippen LogP contribution in [0.3, 0.4) is 0 Å². The molecule has 1 rings (SSSR count). The highest BCUT2D eigenvalue weighted by Crippen LogP contribution is 2.27. The first-order valence-corrected chi connectivity index (χ1v) is 6.22. The van der Waals surface area contributed by atoms with E-state index in [2.05, 4.69) is 24.3 Å². The van der Waals surface area contributed by atoms with E-state index in [9.17, 15) is 13.2 Å². The molecule has 0 aliphatic carbocycles. The first-order valence-electron chi connectivity index (χ1n) is 6.22. The summed E-state index contributed by atoms with van der Waals surface area (Å²) >= 11 is 0. The van der Waals surface area contributed by atoms with Crippen LogP contribution in [0.15, 0.2) is 12.3 Å². The van der Waals surface area contributed by atoms with Crippen LogP contribution in [0.5, 0.6) is 0 Å². The number of nitrogens with zero attached hydrogens (tertiary/aromatic N) is 2. The van der Waals surface area contributed by atoms with E-state index in [1.54, 1.807) is 0 Å². The van der Waals surface area contributed by atoms with Crippen molar-refractivity contribution in [2.45, 2.75) is 46.0 Å². The molecule has 0 saturated carbocycles. The molecule has 0 aromatic carbocycles. The van der Waals surface area contributed by atoms with Crippen LogP contribution < -0.4 is 5.32 Å². The summed E-state index contributed by atoms with van der Waals surface area (Å²) in [4.78, 5) is 0. The number of rotatable bonds is 6. The minimum absolute atomic E-state index is 0.140. The van der Waals surface area contributed by atoms with Gasteiger partial charge in [-0.3, -0.25) is 4.68 Å². The maximum Gasteiger partial charge on any atom is 0.435 e. The Kier molecular flexibility index (Phi) is 5.19. The molecule has 0 aliphatic rings. The SMILES string of the molecule is CCNC(Cn1ccc(C(F)(F)F)n1)C(C)CC. The predicted octanol–water partition coefficient (Wildman–Crippen LogP) is 2.93. The third-order valence-electron chi connectivity index (χ3n) is 3.11. The summed E-state index contributed by atoms with van der Waals surface area (Å²) in [5, 5.41) is 6.86. The topological polar surface area (TPSA) is 29.9 Å². The molecule has 1 aromatic rings. The normalized spacial score (nSPS) is 15.7. The molecule has 0 spiro atoms. The molecule has 6 heteroatoms. The molecule has 2 atom stereocenters. The first-order chi connectivity index (χ1) is 8.38. The molecule has 1 aromatic heterocycles. The van der Waals surface area contributed by atoms with Gasteiger partial charge in [0.05, 0.1) is 6.54 Å². The number of hydrogen-bond donors (Lipinski definition) is 1. The molecule has 0 radical (unpaired) electrons. The van der Waals surface area contributed by atoms with Gasteiger partial charge in [0.25, 0.3) is 0 Å². The summed E-state index contributed by atoms with van der Waals surface area (Å²) in [5.74, 6) is 0.392. The quantitative estimate of drug-likeness (QED) is 0.855. The summed E-state index contributed by atoms with van der Waals surface area (Å²) in [6, 6.07) is 1.15. The number of alkyl halides is 3. The molecule has 2 unspecified atom stereocenters. The zero-order valence-corrected chi connectivity index (χ0v) is 11.0. The molecular formula is C12H20F3N3. The largest absolute Gasteiger partial charge is 0.435 e. The van der Waals surface area contributed by atoms with Gasteiger partial charge in [-0.25, -0.2) is 0 Å². The van der Waals surface area contributed by atoms with Gasteiger partial charge in [-0.1, -0.05) is 27.2 Å². The smallest absolute Gasteiger partial charge is 0.312 e. The van der Waals surface area contributed by atoms with Gasteiger partial charge in [0, 0.05) is 12.2 Å². The van der Waals surface area contributed by atoms with Crippen molar-refractivity contribution < 1.29 is 13.2 Å². The second kappa shape index (κ2) is 6.22. The van der Waals surface area contributed by atoms with Crippen molar-refractivity contribution in [3.63, 3.8) is 0 Å². The lowest BCUT2D eigenvalue weighted by molar-refractivity contribution is -0.141. The lowest BCUT2D eigenvalue weighted by atomic mass is 9.99. The van der Waals surface area contributed by atoms with Gasteiger partial charge in [0.2, 0.25) is 0 Å². The Bertz CT molecular complexity index is 360. The Morgan fingerprint density at radius 3 is 2.50 bits per heavy atom. The van der Waals surface area contributed by atoms with Gasteiger partial charge in [0.1, 0.15) is 0 Å². The summed E-state index contributed by atoms with van der Waals surface area (Å²) < 4.78 is 38.6. The van der Waals surface area contributed by atoms with Crippen LogP contribution in [0.2, 0.25) is 0 Å². The first kappa shape index (κ1) is 15.0. The van der Waals surface area contributed by atoms with Crippen molar-refractivity contribution in [1.82, 2.24) is 15.1 Å². The minimum Gasteiger partial charge on any atom is -0.312 e. The maximum absolute atomic E-state index is 12.4. The molecule has 1 heterocycles. The summed E-state index contributed by atoms with van der Waals surface area (Å²) in [7, 11) is 0. The summed E-state index contributed by atoms with van der Waals surface area (Å²) in [6.07, 6.45) is -2.00. The third kappa shape index (κ3) is 4.01. The van der Waals surface area contributed by atoms with Crippen LogP contribution in [-0.4, -0.2) is 22.4 Å². The number of likely N-dealkylation sites (N-methyl/N-ethyl adjacent to an activating group) is 1. The molecule has 18 heavy (non-hydrogen) atoms. The predicted molar refractivity (Wildman–Crippen MR) is 64.1 cm³/mol. The van der Waals surface area contributed by atoms with Crippen LogP contribution in [0.4, 0.5) is 13.2 Å².